The van der Waals surface area contributed by atoms with E-state index >= 15 is 0 Å². The Morgan fingerprint density at radius 2 is 2.09 bits per heavy atom. The first-order valence-corrected chi connectivity index (χ1v) is 11.8. The SMILES string of the molecule is CO[C@@H]1[C@H](OC(=O)N2Cc3cc(C(=O)[O-])cnc3C2)CC[C@]2(CO2)[C@H]1[C@@]1(C)O[C@@H]1CC=C(C)C.[Na+]. The predicted molar refractivity (Wildman–Crippen MR) is 118 cm³/mol. The van der Waals surface area contributed by atoms with Crippen molar-refractivity contribution < 1.29 is 63.2 Å². The molecule has 0 bridgehead atoms. The average molecular weight is 495 g/mol. The van der Waals surface area contributed by atoms with E-state index < -0.39 is 23.8 Å². The van der Waals surface area contributed by atoms with Crippen molar-refractivity contribution in [2.75, 3.05) is 13.7 Å². The molecule has 1 saturated carbocycles. The van der Waals surface area contributed by atoms with Gasteiger partial charge < -0.3 is 28.8 Å². The number of allylic oxidation sites excluding steroid dienone is 1. The molecule has 6 atom stereocenters. The monoisotopic (exact) mass is 494 g/mol. The van der Waals surface area contributed by atoms with Gasteiger partial charge in [-0.15, -0.1) is 0 Å². The fraction of sp³-hybridized carbons (Fsp3) is 0.640. The molecule has 1 aliphatic carbocycles. The molecule has 1 aromatic rings. The second-order valence-electron chi connectivity index (χ2n) is 10.3. The summed E-state index contributed by atoms with van der Waals surface area (Å²) in [5.74, 6) is -1.34. The molecule has 3 fully saturated rings. The molecule has 184 valence electrons. The number of fused-ring (bicyclic) bond motifs is 1. The average Bonchev–Trinajstić information content (AvgIpc) is 3.66. The third-order valence-electron chi connectivity index (χ3n) is 7.74. The Balaban J connectivity index is 0.00000289. The maximum atomic E-state index is 13.1. The molecule has 0 N–H and O–H groups in total. The molecule has 1 spiro atoms. The summed E-state index contributed by atoms with van der Waals surface area (Å²) in [4.78, 5) is 29.9. The summed E-state index contributed by atoms with van der Waals surface area (Å²) in [7, 11) is 1.65. The third kappa shape index (κ3) is 4.91. The van der Waals surface area contributed by atoms with E-state index in [0.717, 1.165) is 12.8 Å². The van der Waals surface area contributed by atoms with Crippen molar-refractivity contribution in [1.29, 1.82) is 0 Å². The van der Waals surface area contributed by atoms with Crippen LogP contribution in [0.2, 0.25) is 0 Å². The van der Waals surface area contributed by atoms with E-state index in [1.165, 1.54) is 22.7 Å². The zero-order chi connectivity index (χ0) is 24.3. The van der Waals surface area contributed by atoms with Crippen molar-refractivity contribution in [2.45, 2.75) is 82.6 Å². The normalized spacial score (nSPS) is 34.6. The minimum atomic E-state index is -1.29. The molecule has 35 heavy (non-hydrogen) atoms. The second-order valence-corrected chi connectivity index (χ2v) is 10.3. The molecule has 5 rings (SSSR count). The van der Waals surface area contributed by atoms with Gasteiger partial charge in [0.2, 0.25) is 0 Å². The van der Waals surface area contributed by atoms with Crippen molar-refractivity contribution in [3.63, 3.8) is 0 Å². The topological polar surface area (TPSA) is 117 Å². The first kappa shape index (κ1) is 26.6. The van der Waals surface area contributed by atoms with Crippen LogP contribution in [-0.4, -0.2) is 65.2 Å². The molecule has 1 amide bonds. The molecule has 4 aliphatic rings. The third-order valence-corrected chi connectivity index (χ3v) is 7.74. The number of carbonyl (C=O) groups excluding carboxylic acids is 2. The predicted octanol–water partition coefficient (Wildman–Crippen LogP) is -1.02. The number of ether oxygens (including phenoxy) is 4. The fourth-order valence-corrected chi connectivity index (χ4v) is 5.78. The molecule has 0 aromatic carbocycles. The van der Waals surface area contributed by atoms with E-state index in [4.69, 9.17) is 18.9 Å². The summed E-state index contributed by atoms with van der Waals surface area (Å²) >= 11 is 0. The number of pyridine rings is 1. The Bertz CT molecular complexity index is 1040. The number of epoxide rings is 2. The van der Waals surface area contributed by atoms with Gasteiger partial charge in [0.1, 0.15) is 23.4 Å². The van der Waals surface area contributed by atoms with Crippen LogP contribution in [0.5, 0.6) is 0 Å². The van der Waals surface area contributed by atoms with Gasteiger partial charge in [-0.1, -0.05) is 11.6 Å². The summed E-state index contributed by atoms with van der Waals surface area (Å²) < 4.78 is 24.1. The van der Waals surface area contributed by atoms with Crippen LogP contribution >= 0.6 is 0 Å². The number of nitrogens with zero attached hydrogens (tertiary/aromatic N) is 2. The van der Waals surface area contributed by atoms with Gasteiger partial charge >= 0.3 is 35.7 Å². The van der Waals surface area contributed by atoms with Crippen LogP contribution in [0.25, 0.3) is 0 Å². The molecular formula is C25H31N2NaO7. The van der Waals surface area contributed by atoms with Crippen LogP contribution in [0.3, 0.4) is 0 Å². The summed E-state index contributed by atoms with van der Waals surface area (Å²) in [6.07, 6.45) is 4.53. The van der Waals surface area contributed by atoms with Gasteiger partial charge in [0.05, 0.1) is 43.4 Å². The number of carbonyl (C=O) groups is 2. The van der Waals surface area contributed by atoms with E-state index in [-0.39, 0.29) is 71.9 Å². The number of hydrogen-bond donors (Lipinski definition) is 0. The Morgan fingerprint density at radius 1 is 1.34 bits per heavy atom. The zero-order valence-corrected chi connectivity index (χ0v) is 23.0. The van der Waals surface area contributed by atoms with E-state index in [9.17, 15) is 14.7 Å². The van der Waals surface area contributed by atoms with Gasteiger partial charge in [0.15, 0.2) is 0 Å². The van der Waals surface area contributed by atoms with Gasteiger partial charge in [-0.25, -0.2) is 4.79 Å². The van der Waals surface area contributed by atoms with Gasteiger partial charge in [-0.3, -0.25) is 9.88 Å². The van der Waals surface area contributed by atoms with Gasteiger partial charge in [-0.2, -0.15) is 0 Å². The molecule has 3 aliphatic heterocycles. The van der Waals surface area contributed by atoms with Gasteiger partial charge in [0.25, 0.3) is 0 Å². The Morgan fingerprint density at radius 3 is 2.71 bits per heavy atom. The number of methoxy groups -OCH3 is 1. The summed E-state index contributed by atoms with van der Waals surface area (Å²) in [5.41, 5.74) is 1.92. The number of rotatable bonds is 6. The summed E-state index contributed by atoms with van der Waals surface area (Å²) in [6.45, 7) is 7.44. The van der Waals surface area contributed by atoms with Gasteiger partial charge in [-0.05, 0) is 51.7 Å². The molecule has 0 radical (unpaired) electrons. The molecule has 0 unspecified atom stereocenters. The van der Waals surface area contributed by atoms with Crippen LogP contribution in [0.15, 0.2) is 23.9 Å². The maximum absolute atomic E-state index is 13.1. The van der Waals surface area contributed by atoms with Crippen LogP contribution in [-0.2, 0) is 32.0 Å². The Hall–Kier alpha value is -1.49. The molecule has 1 aromatic heterocycles. The molecule has 4 heterocycles. The first-order valence-electron chi connectivity index (χ1n) is 11.8. The van der Waals surface area contributed by atoms with Crippen molar-refractivity contribution in [2.24, 2.45) is 5.92 Å². The quantitative estimate of drug-likeness (QED) is 0.280. The number of aromatic carboxylic acids is 1. The number of carboxylic acid groups (broad SMARTS) is 1. The van der Waals surface area contributed by atoms with Crippen LogP contribution < -0.4 is 34.7 Å². The van der Waals surface area contributed by atoms with Crippen molar-refractivity contribution in [3.05, 3.63) is 40.7 Å². The van der Waals surface area contributed by atoms with E-state index in [0.29, 0.717) is 24.3 Å². The Kier molecular flexibility index (Phi) is 7.41. The van der Waals surface area contributed by atoms with Crippen molar-refractivity contribution in [1.82, 2.24) is 9.88 Å². The van der Waals surface area contributed by atoms with Crippen LogP contribution in [0.1, 0.15) is 61.6 Å². The smallest absolute Gasteiger partial charge is 0.545 e. The standard InChI is InChI=1S/C25H32N2O7.Na/c1-14(2)5-6-19-24(3,34-19)21-20(31-4)18(7-8-25(21)13-32-25)33-23(30)27-11-16-9-15(22(28)29)10-26-17(16)12-27;/h5,9-10,18-21H,6-8,11-13H2,1-4H3,(H,28,29);/q;+1/p-1/t18-,19-,20-,21-,24+,25+;/m1./s1. The minimum absolute atomic E-state index is 0. The van der Waals surface area contributed by atoms with Crippen molar-refractivity contribution >= 4 is 12.1 Å². The fourth-order valence-electron chi connectivity index (χ4n) is 5.78. The maximum Gasteiger partial charge on any atom is 1.00 e. The summed E-state index contributed by atoms with van der Waals surface area (Å²) in [5, 5.41) is 11.1. The number of carboxylic acids is 1. The van der Waals surface area contributed by atoms with Crippen LogP contribution in [0.4, 0.5) is 4.79 Å². The molecule has 9 nitrogen and oxygen atoms in total. The van der Waals surface area contributed by atoms with Crippen molar-refractivity contribution in [3.8, 4) is 0 Å². The molecular weight excluding hydrogens is 463 g/mol. The Labute approximate surface area is 227 Å². The van der Waals surface area contributed by atoms with Crippen LogP contribution in [0, 0.1) is 5.92 Å². The van der Waals surface area contributed by atoms with E-state index in [2.05, 4.69) is 31.8 Å². The second kappa shape index (κ2) is 9.76. The van der Waals surface area contributed by atoms with Gasteiger partial charge in [0, 0.05) is 18.9 Å². The largest absolute Gasteiger partial charge is 1.00 e. The molecule has 10 heteroatoms. The molecule has 2 saturated heterocycles. The number of aromatic nitrogens is 1. The zero-order valence-electron chi connectivity index (χ0n) is 21.0. The number of amides is 1. The first-order chi connectivity index (χ1) is 16.2. The van der Waals surface area contributed by atoms with E-state index in [1.807, 2.05) is 0 Å². The van der Waals surface area contributed by atoms with E-state index in [1.54, 1.807) is 7.11 Å². The summed E-state index contributed by atoms with van der Waals surface area (Å²) in [6, 6.07) is 1.51. The number of hydrogen-bond acceptors (Lipinski definition) is 8. The minimum Gasteiger partial charge on any atom is -0.545 e.